The molecule has 1 N–H and O–H groups in total. The third kappa shape index (κ3) is 3.72. The number of nitrogens with one attached hydrogen (secondary N) is 1. The highest BCUT2D eigenvalue weighted by Gasteiger charge is 2.44. The van der Waals surface area contributed by atoms with Crippen molar-refractivity contribution in [2.45, 2.75) is 24.2 Å². The molecule has 4 heteroatoms. The third-order valence-electron chi connectivity index (χ3n) is 6.28. The molecule has 0 unspecified atom stereocenters. The summed E-state index contributed by atoms with van der Waals surface area (Å²) in [6, 6.07) is 26.7. The Bertz CT molecular complexity index is 1240. The first-order valence-corrected chi connectivity index (χ1v) is 10.8. The number of amides is 1. The van der Waals surface area contributed by atoms with E-state index in [1.165, 1.54) is 22.3 Å². The Morgan fingerprint density at radius 1 is 1.00 bits per heavy atom. The number of benzene rings is 3. The number of hydrogen-bond acceptors (Lipinski definition) is 3. The van der Waals surface area contributed by atoms with E-state index < -0.39 is 6.09 Å². The van der Waals surface area contributed by atoms with E-state index in [1.54, 1.807) is 0 Å². The van der Waals surface area contributed by atoms with E-state index in [4.69, 9.17) is 4.74 Å². The maximum atomic E-state index is 12.2. The zero-order chi connectivity index (χ0) is 22.0. The van der Waals surface area contributed by atoms with Crippen molar-refractivity contribution in [1.82, 2.24) is 5.32 Å². The fourth-order valence-corrected chi connectivity index (χ4v) is 4.40. The molecule has 4 nitrogen and oxygen atoms in total. The lowest BCUT2D eigenvalue weighted by Crippen LogP contribution is -2.26. The first-order chi connectivity index (χ1) is 15.7. The predicted octanol–water partition coefficient (Wildman–Crippen LogP) is 5.13. The van der Waals surface area contributed by atoms with Gasteiger partial charge in [-0.1, -0.05) is 72.5 Å². The van der Waals surface area contributed by atoms with Crippen LogP contribution in [0.15, 0.2) is 72.8 Å². The SMILES string of the molecule is N#CC1(c2cccc(C#CCNC(=O)OCC3c4ccccc4-c4ccccc43)c2)CC1. The van der Waals surface area contributed by atoms with Crippen LogP contribution in [0, 0.1) is 23.2 Å². The molecule has 0 aliphatic heterocycles. The topological polar surface area (TPSA) is 62.1 Å². The Labute approximate surface area is 187 Å². The first-order valence-electron chi connectivity index (χ1n) is 10.8. The lowest BCUT2D eigenvalue weighted by molar-refractivity contribution is 0.144. The van der Waals surface area contributed by atoms with E-state index in [0.29, 0.717) is 0 Å². The molecule has 0 spiro atoms. The summed E-state index contributed by atoms with van der Waals surface area (Å²) in [5, 5.41) is 12.1. The second-order valence-electron chi connectivity index (χ2n) is 8.26. The highest BCUT2D eigenvalue weighted by atomic mass is 16.5. The molecule has 0 aromatic heterocycles. The average Bonchev–Trinajstić information content (AvgIpc) is 3.58. The minimum Gasteiger partial charge on any atom is -0.449 e. The number of ether oxygens (including phenoxy) is 1. The van der Waals surface area contributed by atoms with Crippen LogP contribution in [0.2, 0.25) is 0 Å². The molecule has 0 bridgehead atoms. The summed E-state index contributed by atoms with van der Waals surface area (Å²) in [4.78, 5) is 12.2. The van der Waals surface area contributed by atoms with E-state index >= 15 is 0 Å². The minimum absolute atomic E-state index is 0.0388. The molecule has 2 aliphatic rings. The van der Waals surface area contributed by atoms with Gasteiger partial charge in [0.1, 0.15) is 6.61 Å². The maximum absolute atomic E-state index is 12.2. The lowest BCUT2D eigenvalue weighted by Gasteiger charge is -2.14. The lowest BCUT2D eigenvalue weighted by atomic mass is 9.96. The maximum Gasteiger partial charge on any atom is 0.407 e. The Kier molecular flexibility index (Phi) is 5.13. The summed E-state index contributed by atoms with van der Waals surface area (Å²) < 4.78 is 5.52. The summed E-state index contributed by atoms with van der Waals surface area (Å²) in [5.74, 6) is 6.06. The monoisotopic (exact) mass is 418 g/mol. The molecule has 156 valence electrons. The second-order valence-corrected chi connectivity index (χ2v) is 8.26. The van der Waals surface area contributed by atoms with Gasteiger partial charge in [-0.15, -0.1) is 0 Å². The van der Waals surface area contributed by atoms with Crippen LogP contribution in [0.1, 0.15) is 41.0 Å². The first kappa shape index (κ1) is 19.9. The van der Waals surface area contributed by atoms with Gasteiger partial charge in [0.25, 0.3) is 0 Å². The molecular formula is C28H22N2O2. The number of nitrogens with zero attached hydrogens (tertiary/aromatic N) is 1. The summed E-state index contributed by atoms with van der Waals surface area (Å²) in [5.41, 5.74) is 6.33. The van der Waals surface area contributed by atoms with Gasteiger partial charge in [-0.25, -0.2) is 4.79 Å². The van der Waals surface area contributed by atoms with Crippen molar-refractivity contribution in [3.8, 4) is 29.0 Å². The van der Waals surface area contributed by atoms with Crippen LogP contribution in [-0.2, 0) is 10.2 Å². The standard InChI is InChI=1S/C28H22N2O2/c29-19-28(14-15-28)21-9-5-7-20(17-21)8-6-16-30-27(31)32-18-26-24-12-3-1-10-22(24)23-11-2-4-13-25(23)26/h1-5,7,9-13,17,26H,14-16,18H2,(H,30,31). The number of carbonyl (C=O) groups is 1. The van der Waals surface area contributed by atoms with Crippen LogP contribution < -0.4 is 5.32 Å². The molecule has 1 saturated carbocycles. The minimum atomic E-state index is -0.476. The van der Waals surface area contributed by atoms with Crippen LogP contribution in [0.4, 0.5) is 4.79 Å². The van der Waals surface area contributed by atoms with Crippen molar-refractivity contribution in [2.75, 3.05) is 13.2 Å². The number of fused-ring (bicyclic) bond motifs is 3. The van der Waals surface area contributed by atoms with Crippen LogP contribution in [0.5, 0.6) is 0 Å². The van der Waals surface area contributed by atoms with Crippen molar-refractivity contribution in [2.24, 2.45) is 0 Å². The number of hydrogen-bond donors (Lipinski definition) is 1. The van der Waals surface area contributed by atoms with Gasteiger partial charge in [-0.3, -0.25) is 0 Å². The summed E-state index contributed by atoms with van der Waals surface area (Å²) in [7, 11) is 0. The molecule has 0 radical (unpaired) electrons. The zero-order valence-electron chi connectivity index (χ0n) is 17.6. The molecule has 32 heavy (non-hydrogen) atoms. The van der Waals surface area contributed by atoms with Crippen molar-refractivity contribution >= 4 is 6.09 Å². The highest BCUT2D eigenvalue weighted by molar-refractivity contribution is 5.79. The molecule has 0 atom stereocenters. The van der Waals surface area contributed by atoms with Crippen LogP contribution in [0.3, 0.4) is 0 Å². The van der Waals surface area contributed by atoms with Crippen LogP contribution in [0.25, 0.3) is 11.1 Å². The van der Waals surface area contributed by atoms with E-state index in [0.717, 1.165) is 24.0 Å². The van der Waals surface area contributed by atoms with Crippen molar-refractivity contribution < 1.29 is 9.53 Å². The molecular weight excluding hydrogens is 396 g/mol. The summed E-state index contributed by atoms with van der Waals surface area (Å²) >= 11 is 0. The summed E-state index contributed by atoms with van der Waals surface area (Å²) in [6.07, 6.45) is 1.34. The number of rotatable bonds is 4. The molecule has 1 amide bonds. The quantitative estimate of drug-likeness (QED) is 0.598. The average molecular weight is 418 g/mol. The molecule has 0 saturated heterocycles. The largest absolute Gasteiger partial charge is 0.449 e. The molecule has 0 heterocycles. The molecule has 2 aliphatic carbocycles. The van der Waals surface area contributed by atoms with Gasteiger partial charge in [0, 0.05) is 11.5 Å². The Balaban J connectivity index is 1.17. The number of alkyl carbamates (subject to hydrolysis) is 1. The summed E-state index contributed by atoms with van der Waals surface area (Å²) in [6.45, 7) is 0.482. The Morgan fingerprint density at radius 2 is 1.69 bits per heavy atom. The van der Waals surface area contributed by atoms with E-state index in [9.17, 15) is 10.1 Å². The zero-order valence-corrected chi connectivity index (χ0v) is 17.6. The number of nitriles is 1. The van der Waals surface area contributed by atoms with Gasteiger partial charge < -0.3 is 10.1 Å². The van der Waals surface area contributed by atoms with Gasteiger partial charge in [0.2, 0.25) is 0 Å². The van der Waals surface area contributed by atoms with Crippen molar-refractivity contribution in [3.63, 3.8) is 0 Å². The van der Waals surface area contributed by atoms with Gasteiger partial charge in [0.05, 0.1) is 18.0 Å². The smallest absolute Gasteiger partial charge is 0.407 e. The third-order valence-corrected chi connectivity index (χ3v) is 6.28. The van der Waals surface area contributed by atoms with Gasteiger partial charge in [0.15, 0.2) is 0 Å². The fourth-order valence-electron chi connectivity index (χ4n) is 4.40. The van der Waals surface area contributed by atoms with Crippen LogP contribution in [-0.4, -0.2) is 19.2 Å². The molecule has 5 rings (SSSR count). The molecule has 3 aromatic carbocycles. The highest BCUT2D eigenvalue weighted by Crippen LogP contribution is 2.47. The van der Waals surface area contributed by atoms with Gasteiger partial charge >= 0.3 is 6.09 Å². The van der Waals surface area contributed by atoms with Crippen molar-refractivity contribution in [1.29, 1.82) is 5.26 Å². The normalized spacial score (nSPS) is 14.8. The molecule has 3 aromatic rings. The Hall–Kier alpha value is -4.02. The van der Waals surface area contributed by atoms with Crippen LogP contribution >= 0.6 is 0 Å². The van der Waals surface area contributed by atoms with E-state index in [2.05, 4.69) is 47.5 Å². The predicted molar refractivity (Wildman–Crippen MR) is 123 cm³/mol. The molecule has 1 fully saturated rings. The van der Waals surface area contributed by atoms with Gasteiger partial charge in [-0.2, -0.15) is 5.26 Å². The Morgan fingerprint density at radius 3 is 2.34 bits per heavy atom. The second kappa shape index (κ2) is 8.25. The van der Waals surface area contributed by atoms with Gasteiger partial charge in [-0.05, 0) is 52.8 Å². The number of carbonyl (C=O) groups excluding carboxylic acids is 1. The van der Waals surface area contributed by atoms with E-state index in [1.807, 2.05) is 48.5 Å². The van der Waals surface area contributed by atoms with E-state index in [-0.39, 0.29) is 24.5 Å². The van der Waals surface area contributed by atoms with Crippen molar-refractivity contribution in [3.05, 3.63) is 95.1 Å². The fraction of sp³-hybridized carbons (Fsp3) is 0.214.